The molecule has 28 heavy (non-hydrogen) atoms. The normalized spacial score (nSPS) is 20.4. The van der Waals surface area contributed by atoms with E-state index < -0.39 is 5.97 Å². The fourth-order valence-corrected chi connectivity index (χ4v) is 3.90. The smallest absolute Gasteiger partial charge is 0.311 e. The second kappa shape index (κ2) is 6.29. The molecule has 9 heteroatoms. The quantitative estimate of drug-likeness (QED) is 0.723. The van der Waals surface area contributed by atoms with Crippen LogP contribution in [0.5, 0.6) is 5.75 Å². The zero-order chi connectivity index (χ0) is 19.1. The summed E-state index contributed by atoms with van der Waals surface area (Å²) in [6.45, 7) is 2.37. The van der Waals surface area contributed by atoms with E-state index in [0.29, 0.717) is 12.3 Å². The summed E-state index contributed by atoms with van der Waals surface area (Å²) in [5, 5.41) is 20.9. The zero-order valence-corrected chi connectivity index (χ0v) is 14.9. The standard InChI is InChI=1S/C19H17N5O4/c25-17(26)9-15-20-18(28-23-15)13-5-6-16(22-21-13)24-8-7-19(10-24)11-27-14-4-2-1-3-12(14)19/h1-6H,7-11H2,(H,25,26). The van der Waals surface area contributed by atoms with E-state index >= 15 is 0 Å². The predicted octanol–water partition coefficient (Wildman–Crippen LogP) is 1.69. The first-order chi connectivity index (χ1) is 13.6. The fourth-order valence-electron chi connectivity index (χ4n) is 3.90. The van der Waals surface area contributed by atoms with E-state index in [0.717, 1.165) is 31.1 Å². The Balaban J connectivity index is 1.33. The molecule has 0 aliphatic carbocycles. The molecule has 1 N–H and O–H groups in total. The van der Waals surface area contributed by atoms with Crippen molar-refractivity contribution in [3.63, 3.8) is 0 Å². The first-order valence-electron chi connectivity index (χ1n) is 8.99. The topological polar surface area (TPSA) is 114 Å². The van der Waals surface area contributed by atoms with Crippen LogP contribution in [0.15, 0.2) is 40.9 Å². The van der Waals surface area contributed by atoms with Crippen LogP contribution in [0.3, 0.4) is 0 Å². The van der Waals surface area contributed by atoms with E-state index in [1.807, 2.05) is 18.2 Å². The van der Waals surface area contributed by atoms with Gasteiger partial charge >= 0.3 is 5.97 Å². The first kappa shape index (κ1) is 16.7. The number of aromatic nitrogens is 4. The molecule has 1 aromatic carbocycles. The largest absolute Gasteiger partial charge is 0.492 e. The fraction of sp³-hybridized carbons (Fsp3) is 0.316. The summed E-state index contributed by atoms with van der Waals surface area (Å²) >= 11 is 0. The van der Waals surface area contributed by atoms with Gasteiger partial charge in [0.25, 0.3) is 5.89 Å². The molecule has 1 atom stereocenters. The van der Waals surface area contributed by atoms with Gasteiger partial charge in [0, 0.05) is 18.7 Å². The first-order valence-corrected chi connectivity index (χ1v) is 8.99. The van der Waals surface area contributed by atoms with Crippen LogP contribution >= 0.6 is 0 Å². The Hall–Kier alpha value is -3.49. The highest BCUT2D eigenvalue weighted by Gasteiger charge is 2.46. The number of nitrogens with zero attached hydrogens (tertiary/aromatic N) is 5. The summed E-state index contributed by atoms with van der Waals surface area (Å²) in [4.78, 5) is 17.0. The summed E-state index contributed by atoms with van der Waals surface area (Å²) in [5.41, 5.74) is 1.67. The molecule has 4 heterocycles. The van der Waals surface area contributed by atoms with Crippen LogP contribution in [0.2, 0.25) is 0 Å². The molecule has 2 aliphatic rings. The number of ether oxygens (including phenoxy) is 1. The lowest BCUT2D eigenvalue weighted by Crippen LogP contribution is -2.32. The van der Waals surface area contributed by atoms with Crippen LogP contribution in [0.1, 0.15) is 17.8 Å². The van der Waals surface area contributed by atoms with Crippen molar-refractivity contribution in [1.82, 2.24) is 20.3 Å². The van der Waals surface area contributed by atoms with E-state index in [2.05, 4.69) is 37.4 Å². The van der Waals surface area contributed by atoms with Crippen molar-refractivity contribution in [2.75, 3.05) is 24.6 Å². The molecule has 9 nitrogen and oxygen atoms in total. The number of aliphatic carboxylic acids is 1. The average molecular weight is 379 g/mol. The van der Waals surface area contributed by atoms with Crippen LogP contribution in [0, 0.1) is 0 Å². The number of hydrogen-bond acceptors (Lipinski definition) is 8. The van der Waals surface area contributed by atoms with Gasteiger partial charge in [-0.25, -0.2) is 0 Å². The number of carboxylic acids is 1. The lowest BCUT2D eigenvalue weighted by molar-refractivity contribution is -0.136. The maximum atomic E-state index is 10.7. The van der Waals surface area contributed by atoms with Gasteiger partial charge in [-0.15, -0.1) is 10.2 Å². The Bertz CT molecular complexity index is 1030. The van der Waals surface area contributed by atoms with Gasteiger partial charge in [-0.3, -0.25) is 4.79 Å². The Kier molecular flexibility index (Phi) is 3.75. The molecule has 0 amide bonds. The molecule has 142 valence electrons. The lowest BCUT2D eigenvalue weighted by atomic mass is 9.82. The number of para-hydroxylation sites is 1. The molecule has 2 aliphatic heterocycles. The minimum absolute atomic E-state index is 0.00480. The molecular weight excluding hydrogens is 362 g/mol. The van der Waals surface area contributed by atoms with E-state index in [-0.39, 0.29) is 23.6 Å². The number of rotatable bonds is 4. The van der Waals surface area contributed by atoms with Gasteiger partial charge in [-0.05, 0) is 24.6 Å². The molecule has 0 bridgehead atoms. The maximum absolute atomic E-state index is 10.7. The minimum atomic E-state index is -1.02. The zero-order valence-electron chi connectivity index (χ0n) is 14.9. The van der Waals surface area contributed by atoms with Gasteiger partial charge < -0.3 is 19.3 Å². The predicted molar refractivity (Wildman–Crippen MR) is 97.1 cm³/mol. The average Bonchev–Trinajstić information content (AvgIpc) is 3.42. The summed E-state index contributed by atoms with van der Waals surface area (Å²) in [6, 6.07) is 11.8. The molecule has 5 rings (SSSR count). The molecule has 1 fully saturated rings. The van der Waals surface area contributed by atoms with Crippen molar-refractivity contribution in [3.05, 3.63) is 47.8 Å². The Morgan fingerprint density at radius 1 is 1.21 bits per heavy atom. The number of carbonyl (C=O) groups is 1. The van der Waals surface area contributed by atoms with E-state index in [1.54, 1.807) is 6.07 Å². The van der Waals surface area contributed by atoms with E-state index in [1.165, 1.54) is 5.56 Å². The van der Waals surface area contributed by atoms with Crippen molar-refractivity contribution < 1.29 is 19.2 Å². The SMILES string of the molecule is O=C(O)Cc1noc(-c2ccc(N3CCC4(COc5ccccc54)C3)nn2)n1. The van der Waals surface area contributed by atoms with Crippen molar-refractivity contribution in [2.45, 2.75) is 18.3 Å². The number of fused-ring (bicyclic) bond motifs is 2. The number of anilines is 1. The highest BCUT2D eigenvalue weighted by atomic mass is 16.5. The third-order valence-corrected chi connectivity index (χ3v) is 5.29. The van der Waals surface area contributed by atoms with E-state index in [4.69, 9.17) is 14.4 Å². The molecule has 1 unspecified atom stereocenters. The molecule has 0 radical (unpaired) electrons. The van der Waals surface area contributed by atoms with Crippen LogP contribution in [0.4, 0.5) is 5.82 Å². The van der Waals surface area contributed by atoms with Crippen molar-refractivity contribution >= 4 is 11.8 Å². The van der Waals surface area contributed by atoms with Gasteiger partial charge in [0.15, 0.2) is 17.3 Å². The van der Waals surface area contributed by atoms with Gasteiger partial charge in [-0.1, -0.05) is 23.4 Å². The van der Waals surface area contributed by atoms with E-state index in [9.17, 15) is 4.79 Å². The van der Waals surface area contributed by atoms with Crippen molar-refractivity contribution in [3.8, 4) is 17.3 Å². The van der Waals surface area contributed by atoms with Gasteiger partial charge in [0.05, 0.1) is 12.0 Å². The Labute approximate surface area is 160 Å². The van der Waals surface area contributed by atoms with Crippen LogP contribution in [-0.2, 0) is 16.6 Å². The number of benzene rings is 1. The third-order valence-electron chi connectivity index (χ3n) is 5.29. The second-order valence-corrected chi connectivity index (χ2v) is 7.10. The summed E-state index contributed by atoms with van der Waals surface area (Å²) in [5.74, 6) is 0.991. The molecule has 3 aromatic rings. The second-order valence-electron chi connectivity index (χ2n) is 7.10. The summed E-state index contributed by atoms with van der Waals surface area (Å²) in [7, 11) is 0. The lowest BCUT2D eigenvalue weighted by Gasteiger charge is -2.23. The monoisotopic (exact) mass is 379 g/mol. The Morgan fingerprint density at radius 2 is 2.11 bits per heavy atom. The van der Waals surface area contributed by atoms with Crippen LogP contribution < -0.4 is 9.64 Å². The number of hydrogen-bond donors (Lipinski definition) is 1. The van der Waals surface area contributed by atoms with Crippen molar-refractivity contribution in [1.29, 1.82) is 0 Å². The van der Waals surface area contributed by atoms with Crippen LogP contribution in [0.25, 0.3) is 11.6 Å². The molecule has 1 spiro atoms. The van der Waals surface area contributed by atoms with Gasteiger partial charge in [0.1, 0.15) is 12.2 Å². The third kappa shape index (κ3) is 2.75. The maximum Gasteiger partial charge on any atom is 0.311 e. The summed E-state index contributed by atoms with van der Waals surface area (Å²) in [6.07, 6.45) is 0.698. The summed E-state index contributed by atoms with van der Waals surface area (Å²) < 4.78 is 11.0. The minimum Gasteiger partial charge on any atom is -0.492 e. The van der Waals surface area contributed by atoms with Gasteiger partial charge in [0.2, 0.25) is 0 Å². The van der Waals surface area contributed by atoms with Crippen molar-refractivity contribution in [2.24, 2.45) is 0 Å². The molecule has 1 saturated heterocycles. The molecule has 2 aromatic heterocycles. The number of carboxylic acid groups (broad SMARTS) is 1. The molecule has 0 saturated carbocycles. The highest BCUT2D eigenvalue weighted by Crippen LogP contribution is 2.45. The van der Waals surface area contributed by atoms with Crippen LogP contribution in [-0.4, -0.2) is 51.1 Å². The highest BCUT2D eigenvalue weighted by molar-refractivity contribution is 5.69. The Morgan fingerprint density at radius 3 is 2.93 bits per heavy atom. The van der Waals surface area contributed by atoms with Gasteiger partial charge in [-0.2, -0.15) is 4.98 Å². The molecular formula is C19H17N5O4.